The summed E-state index contributed by atoms with van der Waals surface area (Å²) in [6.07, 6.45) is 6.92. The summed E-state index contributed by atoms with van der Waals surface area (Å²) in [5.74, 6) is 0.115. The van der Waals surface area contributed by atoms with Crippen molar-refractivity contribution >= 4 is 11.9 Å². The fraction of sp³-hybridized carbons (Fsp3) is 0.846. The molecule has 5 nitrogen and oxygen atoms in total. The molecule has 2 aliphatic rings. The van der Waals surface area contributed by atoms with E-state index in [1.54, 1.807) is 0 Å². The van der Waals surface area contributed by atoms with E-state index in [4.69, 9.17) is 0 Å². The topological polar surface area (TPSA) is 61.4 Å². The molecule has 0 bridgehead atoms. The van der Waals surface area contributed by atoms with Gasteiger partial charge in [0, 0.05) is 32.1 Å². The second-order valence-corrected chi connectivity index (χ2v) is 5.22. The van der Waals surface area contributed by atoms with Crippen molar-refractivity contribution in [1.82, 2.24) is 15.5 Å². The van der Waals surface area contributed by atoms with Gasteiger partial charge >= 0.3 is 6.03 Å². The average Bonchev–Trinajstić information content (AvgIpc) is 3.19. The molecule has 1 aliphatic carbocycles. The predicted octanol–water partition coefficient (Wildman–Crippen LogP) is 1.24. The maximum atomic E-state index is 11.7. The number of amides is 3. The van der Waals surface area contributed by atoms with Crippen LogP contribution >= 0.6 is 0 Å². The number of hydrogen-bond acceptors (Lipinski definition) is 2. The van der Waals surface area contributed by atoms with Crippen LogP contribution in [-0.4, -0.2) is 42.5 Å². The Balaban J connectivity index is 1.51. The number of piperidine rings is 1. The fourth-order valence-corrected chi connectivity index (χ4v) is 2.18. The third-order valence-corrected chi connectivity index (χ3v) is 3.44. The highest BCUT2D eigenvalue weighted by atomic mass is 16.2. The molecule has 1 aliphatic heterocycles. The maximum Gasteiger partial charge on any atom is 0.317 e. The second-order valence-electron chi connectivity index (χ2n) is 5.22. The van der Waals surface area contributed by atoms with Crippen LogP contribution in [0.4, 0.5) is 4.79 Å². The molecule has 0 atom stereocenters. The van der Waals surface area contributed by atoms with E-state index in [0.717, 1.165) is 45.2 Å². The Hall–Kier alpha value is -1.26. The lowest BCUT2D eigenvalue weighted by atomic mass is 10.1. The zero-order chi connectivity index (χ0) is 12.8. The largest absolute Gasteiger partial charge is 0.353 e. The van der Waals surface area contributed by atoms with Crippen molar-refractivity contribution in [3.63, 3.8) is 0 Å². The lowest BCUT2D eigenvalue weighted by Gasteiger charge is -2.26. The average molecular weight is 253 g/mol. The summed E-state index contributed by atoms with van der Waals surface area (Å²) in [7, 11) is 0. The molecule has 0 aromatic rings. The minimum absolute atomic E-state index is 0.0253. The Morgan fingerprint density at radius 3 is 2.50 bits per heavy atom. The first-order chi connectivity index (χ1) is 8.75. The van der Waals surface area contributed by atoms with Crippen LogP contribution in [0.1, 0.15) is 44.9 Å². The molecule has 2 N–H and O–H groups in total. The highest BCUT2D eigenvalue weighted by Gasteiger charge is 2.22. The quantitative estimate of drug-likeness (QED) is 0.724. The third kappa shape index (κ3) is 4.55. The number of nitrogens with one attached hydrogen (secondary N) is 2. The molecule has 102 valence electrons. The molecule has 1 saturated heterocycles. The molecule has 0 spiro atoms. The van der Waals surface area contributed by atoms with E-state index in [-0.39, 0.29) is 11.9 Å². The van der Waals surface area contributed by atoms with Crippen LogP contribution in [0.15, 0.2) is 0 Å². The summed E-state index contributed by atoms with van der Waals surface area (Å²) in [5, 5.41) is 5.83. The van der Waals surface area contributed by atoms with Gasteiger partial charge in [-0.3, -0.25) is 4.79 Å². The Morgan fingerprint density at radius 1 is 1.11 bits per heavy atom. The van der Waals surface area contributed by atoms with Crippen LogP contribution in [-0.2, 0) is 4.79 Å². The lowest BCUT2D eigenvalue weighted by Crippen LogP contribution is -2.43. The standard InChI is InChI=1S/C13H23N3O2/c17-12(15-11-6-7-11)5-4-8-14-13(18)16-9-2-1-3-10-16/h11H,1-10H2,(H,14,18)(H,15,17). The number of likely N-dealkylation sites (tertiary alicyclic amines) is 1. The summed E-state index contributed by atoms with van der Waals surface area (Å²) in [6, 6.07) is 0.456. The van der Waals surface area contributed by atoms with Crippen LogP contribution in [0.5, 0.6) is 0 Å². The minimum Gasteiger partial charge on any atom is -0.353 e. The molecule has 18 heavy (non-hydrogen) atoms. The number of nitrogens with zero attached hydrogens (tertiary/aromatic N) is 1. The second kappa shape index (κ2) is 6.61. The van der Waals surface area contributed by atoms with Crippen LogP contribution in [0, 0.1) is 0 Å². The Labute approximate surface area is 108 Å². The van der Waals surface area contributed by atoms with Gasteiger partial charge in [-0.2, -0.15) is 0 Å². The molecule has 3 amide bonds. The first-order valence-corrected chi connectivity index (χ1v) is 7.08. The molecular weight excluding hydrogens is 230 g/mol. The fourth-order valence-electron chi connectivity index (χ4n) is 2.18. The van der Waals surface area contributed by atoms with Crippen molar-refractivity contribution in [2.75, 3.05) is 19.6 Å². The van der Waals surface area contributed by atoms with E-state index in [9.17, 15) is 9.59 Å². The van der Waals surface area contributed by atoms with Gasteiger partial charge in [0.2, 0.25) is 5.91 Å². The first kappa shape index (κ1) is 13.2. The van der Waals surface area contributed by atoms with Gasteiger partial charge < -0.3 is 15.5 Å². The van der Waals surface area contributed by atoms with E-state index >= 15 is 0 Å². The normalized spacial score (nSPS) is 19.4. The summed E-state index contributed by atoms with van der Waals surface area (Å²) < 4.78 is 0. The Bertz CT molecular complexity index is 297. The van der Waals surface area contributed by atoms with Gasteiger partial charge in [0.25, 0.3) is 0 Å². The van der Waals surface area contributed by atoms with E-state index in [0.29, 0.717) is 19.0 Å². The number of rotatable bonds is 5. The van der Waals surface area contributed by atoms with Crippen molar-refractivity contribution in [3.8, 4) is 0 Å². The zero-order valence-corrected chi connectivity index (χ0v) is 10.9. The van der Waals surface area contributed by atoms with Gasteiger partial charge in [-0.15, -0.1) is 0 Å². The molecule has 0 aromatic carbocycles. The van der Waals surface area contributed by atoms with E-state index in [1.165, 1.54) is 6.42 Å². The molecule has 2 rings (SSSR count). The zero-order valence-electron chi connectivity index (χ0n) is 10.9. The van der Waals surface area contributed by atoms with Gasteiger partial charge in [-0.1, -0.05) is 0 Å². The number of carbonyl (C=O) groups excluding carboxylic acids is 2. The molecule has 1 heterocycles. The van der Waals surface area contributed by atoms with Crippen molar-refractivity contribution in [2.24, 2.45) is 0 Å². The van der Waals surface area contributed by atoms with Gasteiger partial charge in [-0.05, 0) is 38.5 Å². The SMILES string of the molecule is O=C(CCCNC(=O)N1CCCCC1)NC1CC1. The predicted molar refractivity (Wildman–Crippen MR) is 69.2 cm³/mol. The molecular formula is C13H23N3O2. The maximum absolute atomic E-state index is 11.7. The Kier molecular flexibility index (Phi) is 4.84. The van der Waals surface area contributed by atoms with Crippen LogP contribution in [0.2, 0.25) is 0 Å². The van der Waals surface area contributed by atoms with Gasteiger partial charge in [0.05, 0.1) is 0 Å². The molecule has 0 aromatic heterocycles. The van der Waals surface area contributed by atoms with Crippen molar-refractivity contribution in [1.29, 1.82) is 0 Å². The molecule has 0 radical (unpaired) electrons. The van der Waals surface area contributed by atoms with Crippen molar-refractivity contribution in [2.45, 2.75) is 51.0 Å². The summed E-state index contributed by atoms with van der Waals surface area (Å²) in [5.41, 5.74) is 0. The van der Waals surface area contributed by atoms with Crippen molar-refractivity contribution in [3.05, 3.63) is 0 Å². The molecule has 1 saturated carbocycles. The molecule has 0 unspecified atom stereocenters. The van der Waals surface area contributed by atoms with E-state index < -0.39 is 0 Å². The minimum atomic E-state index is 0.0253. The van der Waals surface area contributed by atoms with Gasteiger partial charge in [0.15, 0.2) is 0 Å². The van der Waals surface area contributed by atoms with Crippen LogP contribution in [0.25, 0.3) is 0 Å². The Morgan fingerprint density at radius 2 is 1.83 bits per heavy atom. The highest BCUT2D eigenvalue weighted by molar-refractivity contribution is 5.77. The van der Waals surface area contributed by atoms with Crippen molar-refractivity contribution < 1.29 is 9.59 Å². The van der Waals surface area contributed by atoms with Crippen LogP contribution < -0.4 is 10.6 Å². The smallest absolute Gasteiger partial charge is 0.317 e. The number of carbonyl (C=O) groups is 2. The van der Waals surface area contributed by atoms with Gasteiger partial charge in [0.1, 0.15) is 0 Å². The summed E-state index contributed by atoms with van der Waals surface area (Å²) >= 11 is 0. The number of urea groups is 1. The lowest BCUT2D eigenvalue weighted by molar-refractivity contribution is -0.121. The third-order valence-electron chi connectivity index (χ3n) is 3.44. The molecule has 2 fully saturated rings. The summed E-state index contributed by atoms with van der Waals surface area (Å²) in [4.78, 5) is 25.0. The van der Waals surface area contributed by atoms with Crippen LogP contribution in [0.3, 0.4) is 0 Å². The first-order valence-electron chi connectivity index (χ1n) is 7.08. The summed E-state index contributed by atoms with van der Waals surface area (Å²) in [6.45, 7) is 2.33. The highest BCUT2D eigenvalue weighted by Crippen LogP contribution is 2.18. The van der Waals surface area contributed by atoms with E-state index in [1.807, 2.05) is 4.90 Å². The monoisotopic (exact) mass is 253 g/mol. The number of hydrogen-bond donors (Lipinski definition) is 2. The van der Waals surface area contributed by atoms with E-state index in [2.05, 4.69) is 10.6 Å². The molecule has 5 heteroatoms. The van der Waals surface area contributed by atoms with Gasteiger partial charge in [-0.25, -0.2) is 4.79 Å².